The van der Waals surface area contributed by atoms with Crippen molar-refractivity contribution in [3.8, 4) is 0 Å². The molecule has 2 aliphatic rings. The van der Waals surface area contributed by atoms with Gasteiger partial charge in [0.25, 0.3) is 11.8 Å². The number of carbonyl (C=O) groups is 5. The van der Waals surface area contributed by atoms with E-state index in [0.717, 1.165) is 9.80 Å². The Morgan fingerprint density at radius 2 is 1.42 bits per heavy atom. The fraction of sp³-hybridized carbons (Fsp3) is 0.632. The third-order valence-corrected chi connectivity index (χ3v) is 5.61. The molecule has 0 aromatic carbocycles. The Bertz CT molecular complexity index is 694. The Hall–Kier alpha value is -2.28. The maximum Gasteiger partial charge on any atom is 0.304 e. The lowest BCUT2D eigenvalue weighted by Gasteiger charge is -2.15. The summed E-state index contributed by atoms with van der Waals surface area (Å²) in [5.41, 5.74) is 0. The summed E-state index contributed by atoms with van der Waals surface area (Å²) in [5, 5.41) is 8.12. The Labute approximate surface area is 183 Å². The van der Waals surface area contributed by atoms with Crippen molar-refractivity contribution in [2.45, 2.75) is 18.1 Å². The summed E-state index contributed by atoms with van der Waals surface area (Å²) >= 11 is 1.19. The van der Waals surface area contributed by atoms with E-state index < -0.39 is 11.2 Å². The minimum Gasteiger partial charge on any atom is -0.481 e. The fourth-order valence-electron chi connectivity index (χ4n) is 2.81. The molecule has 0 aromatic heterocycles. The largest absolute Gasteiger partial charge is 0.481 e. The lowest BCUT2D eigenvalue weighted by Crippen LogP contribution is -2.34. The number of hydrogen-bond donors (Lipinski definition) is 1. The smallest absolute Gasteiger partial charge is 0.304 e. The molecule has 0 spiro atoms. The first-order valence-electron chi connectivity index (χ1n) is 9.84. The summed E-state index contributed by atoms with van der Waals surface area (Å²) in [4.78, 5) is 59.6. The van der Waals surface area contributed by atoms with Gasteiger partial charge in [-0.1, -0.05) is 0 Å². The minimum absolute atomic E-state index is 0.0495. The van der Waals surface area contributed by atoms with E-state index in [1.807, 2.05) is 0 Å². The minimum atomic E-state index is -0.934. The summed E-state index contributed by atoms with van der Waals surface area (Å²) in [7, 11) is 0. The highest BCUT2D eigenvalue weighted by atomic mass is 32.2. The van der Waals surface area contributed by atoms with Crippen molar-refractivity contribution >= 4 is 41.4 Å². The van der Waals surface area contributed by atoms with E-state index in [4.69, 9.17) is 19.3 Å². The van der Waals surface area contributed by atoms with Crippen molar-refractivity contribution in [3.05, 3.63) is 12.2 Å². The molecule has 0 aromatic rings. The Balaban J connectivity index is 1.43. The Morgan fingerprint density at radius 3 is 1.97 bits per heavy atom. The van der Waals surface area contributed by atoms with Crippen LogP contribution in [0.3, 0.4) is 0 Å². The molecule has 1 saturated heterocycles. The van der Waals surface area contributed by atoms with Crippen LogP contribution in [0.2, 0.25) is 0 Å². The maximum atomic E-state index is 12.2. The molecule has 1 fully saturated rings. The number of rotatable bonds is 16. The number of likely N-dealkylation sites (tertiary alicyclic amines) is 1. The van der Waals surface area contributed by atoms with E-state index in [1.165, 1.54) is 23.9 Å². The molecule has 11 nitrogen and oxygen atoms in total. The molecule has 0 aliphatic carbocycles. The molecule has 31 heavy (non-hydrogen) atoms. The van der Waals surface area contributed by atoms with Gasteiger partial charge in [0, 0.05) is 24.3 Å². The second-order valence-corrected chi connectivity index (χ2v) is 7.90. The van der Waals surface area contributed by atoms with Crippen molar-refractivity contribution in [2.24, 2.45) is 0 Å². The van der Waals surface area contributed by atoms with Gasteiger partial charge in [-0.15, -0.1) is 11.8 Å². The molecule has 0 saturated carbocycles. The summed E-state index contributed by atoms with van der Waals surface area (Å²) < 4.78 is 16.0. The van der Waals surface area contributed by atoms with E-state index in [0.29, 0.717) is 19.8 Å². The molecule has 1 atom stereocenters. The van der Waals surface area contributed by atoms with Crippen molar-refractivity contribution in [1.82, 2.24) is 9.80 Å². The van der Waals surface area contributed by atoms with Gasteiger partial charge in [0.05, 0.1) is 64.4 Å². The number of nitrogens with zero attached hydrogens (tertiary/aromatic N) is 2. The zero-order valence-electron chi connectivity index (χ0n) is 17.0. The number of imide groups is 2. The van der Waals surface area contributed by atoms with Crippen LogP contribution in [0.15, 0.2) is 12.2 Å². The molecule has 2 rings (SSSR count). The van der Waals surface area contributed by atoms with Gasteiger partial charge in [-0.3, -0.25) is 33.8 Å². The van der Waals surface area contributed by atoms with Gasteiger partial charge >= 0.3 is 5.97 Å². The predicted molar refractivity (Wildman–Crippen MR) is 108 cm³/mol. The molecule has 0 bridgehead atoms. The summed E-state index contributed by atoms with van der Waals surface area (Å²) in [6.07, 6.45) is 2.48. The summed E-state index contributed by atoms with van der Waals surface area (Å²) in [6.45, 7) is 1.99. The molecule has 0 radical (unpaired) electrons. The van der Waals surface area contributed by atoms with E-state index in [2.05, 4.69) is 0 Å². The molecular weight excluding hydrogens is 432 g/mol. The van der Waals surface area contributed by atoms with Gasteiger partial charge < -0.3 is 19.3 Å². The van der Waals surface area contributed by atoms with Crippen molar-refractivity contribution in [3.63, 3.8) is 0 Å². The maximum absolute atomic E-state index is 12.2. The molecule has 4 amide bonds. The number of amides is 4. The van der Waals surface area contributed by atoms with Crippen LogP contribution in [0, 0.1) is 0 Å². The number of thioether (sulfide) groups is 1. The van der Waals surface area contributed by atoms with E-state index >= 15 is 0 Å². The number of carboxylic acids is 1. The highest BCUT2D eigenvalue weighted by molar-refractivity contribution is 8.00. The van der Waals surface area contributed by atoms with E-state index in [-0.39, 0.29) is 75.1 Å². The third-order valence-electron chi connectivity index (χ3n) is 4.40. The first-order valence-corrected chi connectivity index (χ1v) is 10.9. The molecule has 1 unspecified atom stereocenters. The van der Waals surface area contributed by atoms with Crippen LogP contribution < -0.4 is 0 Å². The van der Waals surface area contributed by atoms with Gasteiger partial charge in [0.1, 0.15) is 0 Å². The average Bonchev–Trinajstić information content (AvgIpc) is 3.18. The first-order chi connectivity index (χ1) is 14.9. The van der Waals surface area contributed by atoms with Crippen LogP contribution >= 0.6 is 11.8 Å². The highest BCUT2D eigenvalue weighted by Gasteiger charge is 2.38. The lowest BCUT2D eigenvalue weighted by atomic mass is 10.4. The fourth-order valence-corrected chi connectivity index (χ4v) is 3.92. The second kappa shape index (κ2) is 13.2. The number of aliphatic carboxylic acids is 1. The Kier molecular flexibility index (Phi) is 10.6. The van der Waals surface area contributed by atoms with Crippen molar-refractivity contribution in [1.29, 1.82) is 0 Å². The molecular formula is C19H26N2O9S. The van der Waals surface area contributed by atoms with Gasteiger partial charge in [-0.25, -0.2) is 0 Å². The van der Waals surface area contributed by atoms with Crippen molar-refractivity contribution in [2.75, 3.05) is 58.5 Å². The van der Waals surface area contributed by atoms with Gasteiger partial charge in [0.15, 0.2) is 0 Å². The molecule has 12 heteroatoms. The SMILES string of the molecule is O=C(O)CCSC1CC(=O)N(CCOCCOCCOCCN2C(=O)C=CC2=O)C1=O. The number of carbonyl (C=O) groups excluding carboxylic acids is 4. The third kappa shape index (κ3) is 8.40. The number of carboxylic acid groups (broad SMARTS) is 1. The van der Waals surface area contributed by atoms with Gasteiger partial charge in [0.2, 0.25) is 11.8 Å². The van der Waals surface area contributed by atoms with Gasteiger partial charge in [-0.2, -0.15) is 0 Å². The zero-order valence-corrected chi connectivity index (χ0v) is 17.8. The van der Waals surface area contributed by atoms with Crippen LogP contribution in [-0.4, -0.2) is 108 Å². The summed E-state index contributed by atoms with van der Waals surface area (Å²) in [5.74, 6) is -1.90. The van der Waals surface area contributed by atoms with E-state index in [1.54, 1.807) is 0 Å². The quantitative estimate of drug-likeness (QED) is 0.233. The van der Waals surface area contributed by atoms with Gasteiger partial charge in [-0.05, 0) is 0 Å². The zero-order chi connectivity index (χ0) is 22.6. The monoisotopic (exact) mass is 458 g/mol. The van der Waals surface area contributed by atoms with Crippen LogP contribution in [0.5, 0.6) is 0 Å². The predicted octanol–water partition coefficient (Wildman–Crippen LogP) is -0.703. The van der Waals surface area contributed by atoms with Crippen LogP contribution in [0.4, 0.5) is 0 Å². The van der Waals surface area contributed by atoms with Crippen molar-refractivity contribution < 1.29 is 43.3 Å². The molecule has 2 heterocycles. The highest BCUT2D eigenvalue weighted by Crippen LogP contribution is 2.25. The lowest BCUT2D eigenvalue weighted by molar-refractivity contribution is -0.140. The topological polar surface area (TPSA) is 140 Å². The van der Waals surface area contributed by atoms with Crippen LogP contribution in [0.25, 0.3) is 0 Å². The standard InChI is InChI=1S/C19H26N2O9S/c22-15-1-2-16(23)20(15)4-6-28-8-10-30-11-9-29-7-5-21-17(24)13-14(19(21)27)31-12-3-18(25)26/h1-2,14H,3-13H2,(H,25,26). The molecule has 2 aliphatic heterocycles. The Morgan fingerprint density at radius 1 is 0.903 bits per heavy atom. The van der Waals surface area contributed by atoms with Crippen LogP contribution in [-0.2, 0) is 38.2 Å². The molecule has 172 valence electrons. The first kappa shape index (κ1) is 25.0. The van der Waals surface area contributed by atoms with E-state index in [9.17, 15) is 24.0 Å². The average molecular weight is 458 g/mol. The summed E-state index contributed by atoms with van der Waals surface area (Å²) in [6, 6.07) is 0. The number of hydrogen-bond acceptors (Lipinski definition) is 9. The molecule has 1 N–H and O–H groups in total. The number of ether oxygens (including phenoxy) is 3. The van der Waals surface area contributed by atoms with Crippen LogP contribution in [0.1, 0.15) is 12.8 Å². The second-order valence-electron chi connectivity index (χ2n) is 6.59. The normalized spacial score (nSPS) is 18.6.